The Labute approximate surface area is 151 Å². The lowest BCUT2D eigenvalue weighted by Crippen LogP contribution is -2.41. The second kappa shape index (κ2) is 14.6. The third kappa shape index (κ3) is 11.5. The molecule has 1 unspecified atom stereocenters. The monoisotopic (exact) mass is 354 g/mol. The van der Waals surface area contributed by atoms with Gasteiger partial charge in [-0.1, -0.05) is 46.5 Å². The van der Waals surface area contributed by atoms with Crippen LogP contribution in [0.5, 0.6) is 0 Å². The molecule has 2 amide bonds. The minimum absolute atomic E-state index is 0.182. The first kappa shape index (κ1) is 23.3. The minimum Gasteiger partial charge on any atom is -0.349 e. The minimum atomic E-state index is -0.562. The molecule has 0 saturated heterocycles. The third-order valence-electron chi connectivity index (χ3n) is 4.13. The summed E-state index contributed by atoms with van der Waals surface area (Å²) in [6.45, 7) is 6.30. The summed E-state index contributed by atoms with van der Waals surface area (Å²) in [4.78, 5) is 46.9. The summed E-state index contributed by atoms with van der Waals surface area (Å²) in [5.74, 6) is -1.89. The largest absolute Gasteiger partial charge is 0.349 e. The van der Waals surface area contributed by atoms with Crippen molar-refractivity contribution >= 4 is 23.4 Å². The van der Waals surface area contributed by atoms with Crippen molar-refractivity contribution < 1.29 is 19.2 Å². The highest BCUT2D eigenvalue weighted by Crippen LogP contribution is 2.02. The van der Waals surface area contributed by atoms with Crippen molar-refractivity contribution in [2.75, 3.05) is 6.54 Å². The number of hydrogen-bond acceptors (Lipinski definition) is 4. The fourth-order valence-corrected chi connectivity index (χ4v) is 2.40. The van der Waals surface area contributed by atoms with E-state index >= 15 is 0 Å². The number of Topliss-reactive ketones (excluding diaryl/α,β-unsaturated/α-hetero) is 2. The maximum absolute atomic E-state index is 11.9. The van der Waals surface area contributed by atoms with Crippen LogP contribution in [0.1, 0.15) is 85.0 Å². The first-order valence-corrected chi connectivity index (χ1v) is 9.60. The molecule has 0 rings (SSSR count). The van der Waals surface area contributed by atoms with E-state index < -0.39 is 17.6 Å². The smallest absolute Gasteiger partial charge is 0.287 e. The Kier molecular flexibility index (Phi) is 13.6. The van der Waals surface area contributed by atoms with E-state index in [4.69, 9.17) is 0 Å². The van der Waals surface area contributed by atoms with Crippen LogP contribution in [-0.2, 0) is 19.2 Å². The number of rotatable bonds is 15. The molecular formula is C19H34N2O4. The van der Waals surface area contributed by atoms with Crippen molar-refractivity contribution in [2.24, 2.45) is 0 Å². The summed E-state index contributed by atoms with van der Waals surface area (Å²) >= 11 is 0. The van der Waals surface area contributed by atoms with Crippen LogP contribution in [0.15, 0.2) is 0 Å². The van der Waals surface area contributed by atoms with Gasteiger partial charge in [0.15, 0.2) is 0 Å². The average molecular weight is 354 g/mol. The van der Waals surface area contributed by atoms with Crippen LogP contribution in [0.4, 0.5) is 0 Å². The molecule has 0 radical (unpaired) electrons. The standard InChI is InChI=1S/C19H34N2O4/c1-4-7-9-11-16(22)18(24)20-14-13-15(6-3)21-19(25)17(23)12-10-8-5-2/h15H,4-14H2,1-3H3,(H,20,24)(H,21,25). The van der Waals surface area contributed by atoms with E-state index in [2.05, 4.69) is 10.6 Å². The Bertz CT molecular complexity index is 435. The van der Waals surface area contributed by atoms with Crippen molar-refractivity contribution in [2.45, 2.75) is 91.0 Å². The van der Waals surface area contributed by atoms with Crippen LogP contribution >= 0.6 is 0 Å². The van der Waals surface area contributed by atoms with Gasteiger partial charge in [0.25, 0.3) is 11.8 Å². The van der Waals surface area contributed by atoms with Crippen LogP contribution in [0.25, 0.3) is 0 Å². The first-order valence-electron chi connectivity index (χ1n) is 9.60. The molecule has 0 fully saturated rings. The summed E-state index contributed by atoms with van der Waals surface area (Å²) in [6.07, 6.45) is 7.06. The fourth-order valence-electron chi connectivity index (χ4n) is 2.40. The molecule has 0 heterocycles. The highest BCUT2D eigenvalue weighted by molar-refractivity contribution is 6.36. The number of ketones is 2. The first-order chi connectivity index (χ1) is 12.0. The Morgan fingerprint density at radius 3 is 1.76 bits per heavy atom. The van der Waals surface area contributed by atoms with Crippen molar-refractivity contribution in [3.05, 3.63) is 0 Å². The van der Waals surface area contributed by atoms with E-state index in [1.54, 1.807) is 0 Å². The Balaban J connectivity index is 4.08. The third-order valence-corrected chi connectivity index (χ3v) is 4.13. The number of unbranched alkanes of at least 4 members (excludes halogenated alkanes) is 4. The lowest BCUT2D eigenvalue weighted by Gasteiger charge is -2.16. The van der Waals surface area contributed by atoms with Gasteiger partial charge in [-0.3, -0.25) is 19.2 Å². The zero-order valence-electron chi connectivity index (χ0n) is 16.0. The summed E-state index contributed by atoms with van der Waals surface area (Å²) in [7, 11) is 0. The lowest BCUT2D eigenvalue weighted by molar-refractivity contribution is -0.138. The van der Waals surface area contributed by atoms with E-state index in [0.29, 0.717) is 19.4 Å². The number of carbonyl (C=O) groups is 4. The predicted molar refractivity (Wildman–Crippen MR) is 98.1 cm³/mol. The number of carbonyl (C=O) groups excluding carboxylic acids is 4. The van der Waals surface area contributed by atoms with E-state index in [0.717, 1.165) is 38.5 Å². The summed E-state index contributed by atoms with van der Waals surface area (Å²) in [5.41, 5.74) is 0. The van der Waals surface area contributed by atoms with Gasteiger partial charge >= 0.3 is 0 Å². The molecule has 0 aliphatic heterocycles. The van der Waals surface area contributed by atoms with E-state index in [1.165, 1.54) is 0 Å². The van der Waals surface area contributed by atoms with E-state index in [1.807, 2.05) is 20.8 Å². The van der Waals surface area contributed by atoms with Crippen molar-refractivity contribution in [1.29, 1.82) is 0 Å². The average Bonchev–Trinajstić information content (AvgIpc) is 2.60. The maximum atomic E-state index is 11.9. The summed E-state index contributed by atoms with van der Waals surface area (Å²) < 4.78 is 0. The van der Waals surface area contributed by atoms with Gasteiger partial charge in [0, 0.05) is 25.4 Å². The molecule has 0 aromatic carbocycles. The zero-order valence-corrected chi connectivity index (χ0v) is 16.0. The van der Waals surface area contributed by atoms with Gasteiger partial charge < -0.3 is 10.6 Å². The van der Waals surface area contributed by atoms with Gasteiger partial charge in [-0.25, -0.2) is 0 Å². The van der Waals surface area contributed by atoms with Crippen LogP contribution < -0.4 is 10.6 Å². The molecule has 1 atom stereocenters. The lowest BCUT2D eigenvalue weighted by atomic mass is 10.1. The molecule has 0 bridgehead atoms. The normalized spacial score (nSPS) is 11.6. The van der Waals surface area contributed by atoms with Crippen molar-refractivity contribution in [1.82, 2.24) is 10.6 Å². The second-order valence-electron chi connectivity index (χ2n) is 6.38. The van der Waals surface area contributed by atoms with Crippen LogP contribution in [-0.4, -0.2) is 36.0 Å². The van der Waals surface area contributed by atoms with Crippen molar-refractivity contribution in [3.8, 4) is 0 Å². The van der Waals surface area contributed by atoms with E-state index in [-0.39, 0.29) is 24.7 Å². The molecule has 0 aliphatic carbocycles. The van der Waals surface area contributed by atoms with E-state index in [9.17, 15) is 19.2 Å². The molecule has 0 aromatic rings. The van der Waals surface area contributed by atoms with Gasteiger partial charge in [0.2, 0.25) is 11.6 Å². The number of hydrogen-bond donors (Lipinski definition) is 2. The molecule has 6 nitrogen and oxygen atoms in total. The highest BCUT2D eigenvalue weighted by Gasteiger charge is 2.18. The van der Waals surface area contributed by atoms with Crippen molar-refractivity contribution in [3.63, 3.8) is 0 Å². The predicted octanol–water partition coefficient (Wildman–Crippen LogP) is 2.69. The van der Waals surface area contributed by atoms with Gasteiger partial charge in [0.1, 0.15) is 0 Å². The Morgan fingerprint density at radius 2 is 1.28 bits per heavy atom. The Hall–Kier alpha value is -1.72. The summed E-state index contributed by atoms with van der Waals surface area (Å²) in [5, 5.41) is 5.31. The molecule has 0 aliphatic rings. The maximum Gasteiger partial charge on any atom is 0.287 e. The van der Waals surface area contributed by atoms with Gasteiger partial charge in [-0.05, 0) is 25.7 Å². The highest BCUT2D eigenvalue weighted by atomic mass is 16.2. The van der Waals surface area contributed by atoms with Gasteiger partial charge in [0.05, 0.1) is 0 Å². The quantitative estimate of drug-likeness (QED) is 0.349. The van der Waals surface area contributed by atoms with Gasteiger partial charge in [-0.2, -0.15) is 0 Å². The molecule has 6 heteroatoms. The molecule has 0 saturated carbocycles. The fraction of sp³-hybridized carbons (Fsp3) is 0.789. The molecule has 0 spiro atoms. The second-order valence-corrected chi connectivity index (χ2v) is 6.38. The molecule has 25 heavy (non-hydrogen) atoms. The molecule has 144 valence electrons. The number of amides is 2. The molecular weight excluding hydrogens is 320 g/mol. The number of nitrogens with one attached hydrogen (secondary N) is 2. The van der Waals surface area contributed by atoms with Crippen LogP contribution in [0.3, 0.4) is 0 Å². The Morgan fingerprint density at radius 1 is 0.760 bits per heavy atom. The molecule has 0 aromatic heterocycles. The molecule has 2 N–H and O–H groups in total. The topological polar surface area (TPSA) is 92.3 Å². The SMILES string of the molecule is CCCCCC(=O)C(=O)NCCC(CC)NC(=O)C(=O)CCCCC. The van der Waals surface area contributed by atoms with Gasteiger partial charge in [-0.15, -0.1) is 0 Å². The van der Waals surface area contributed by atoms with Crippen LogP contribution in [0.2, 0.25) is 0 Å². The van der Waals surface area contributed by atoms with Crippen LogP contribution in [0, 0.1) is 0 Å². The summed E-state index contributed by atoms with van der Waals surface area (Å²) in [6, 6.07) is -0.182. The zero-order chi connectivity index (χ0) is 19.1.